The van der Waals surface area contributed by atoms with Crippen LogP contribution in [-0.4, -0.2) is 32.5 Å². The molecule has 0 aromatic heterocycles. The van der Waals surface area contributed by atoms with Crippen molar-refractivity contribution in [2.75, 3.05) is 19.0 Å². The van der Waals surface area contributed by atoms with E-state index in [-0.39, 0.29) is 16.2 Å². The number of benzene rings is 2. The van der Waals surface area contributed by atoms with Crippen LogP contribution in [0.5, 0.6) is 5.75 Å². The molecule has 0 saturated carbocycles. The molecular weight excluding hydrogens is 382 g/mol. The highest BCUT2D eigenvalue weighted by Gasteiger charge is 2.11. The summed E-state index contributed by atoms with van der Waals surface area (Å²) >= 11 is 0. The predicted octanol–water partition coefficient (Wildman–Crippen LogP) is 2.12. The molecule has 28 heavy (non-hydrogen) atoms. The summed E-state index contributed by atoms with van der Waals surface area (Å²) in [6, 6.07) is 14.3. The number of hydrogen-bond donors (Lipinski definition) is 3. The van der Waals surface area contributed by atoms with Crippen molar-refractivity contribution in [3.8, 4) is 11.8 Å². The minimum absolute atomic E-state index is 0.135. The highest BCUT2D eigenvalue weighted by atomic mass is 32.2. The van der Waals surface area contributed by atoms with Crippen LogP contribution in [-0.2, 0) is 21.3 Å². The summed E-state index contributed by atoms with van der Waals surface area (Å²) in [6.45, 7) is 0.509. The zero-order valence-corrected chi connectivity index (χ0v) is 15.9. The van der Waals surface area contributed by atoms with Gasteiger partial charge in [-0.15, -0.1) is 0 Å². The van der Waals surface area contributed by atoms with E-state index in [0.29, 0.717) is 13.0 Å². The Balaban J connectivity index is 1.92. The first-order chi connectivity index (χ1) is 13.3. The zero-order chi connectivity index (χ0) is 20.6. The van der Waals surface area contributed by atoms with E-state index >= 15 is 0 Å². The van der Waals surface area contributed by atoms with Crippen molar-refractivity contribution >= 4 is 21.7 Å². The van der Waals surface area contributed by atoms with Crippen molar-refractivity contribution < 1.29 is 22.5 Å². The molecule has 0 fully saturated rings. The molecule has 0 radical (unpaired) electrons. The minimum Gasteiger partial charge on any atom is -0.497 e. The van der Waals surface area contributed by atoms with Crippen LogP contribution in [0.4, 0.5) is 5.69 Å². The summed E-state index contributed by atoms with van der Waals surface area (Å²) in [5, 5.41) is 14.6. The molecule has 0 aliphatic carbocycles. The molecule has 2 rings (SSSR count). The van der Waals surface area contributed by atoms with Crippen LogP contribution in [0.25, 0.3) is 0 Å². The van der Waals surface area contributed by atoms with Crippen molar-refractivity contribution in [3.63, 3.8) is 0 Å². The Morgan fingerprint density at radius 1 is 1.25 bits per heavy atom. The van der Waals surface area contributed by atoms with Gasteiger partial charge < -0.3 is 15.4 Å². The van der Waals surface area contributed by atoms with Gasteiger partial charge >= 0.3 is 0 Å². The van der Waals surface area contributed by atoms with Crippen molar-refractivity contribution in [2.45, 2.75) is 11.3 Å². The lowest BCUT2D eigenvalue weighted by atomic mass is 10.1. The Bertz CT molecular complexity index is 1010. The van der Waals surface area contributed by atoms with Crippen molar-refractivity contribution in [3.05, 3.63) is 65.9 Å². The number of ether oxygens (including phenoxy) is 1. The standard InChI is InChI=1S/C19H19N3O5S/c1-27-17-4-2-3-14(11-17)9-10-21-13-15(12-20)19(23)22-16-5-7-18(8-6-16)28(24,25)26/h2-8,11,13,21H,9-10H2,1H3,(H,22,23)(H,24,25,26)/b15-13-. The number of carbonyl (C=O) groups excluding carboxylic acids is 1. The van der Waals surface area contributed by atoms with Gasteiger partial charge in [0.1, 0.15) is 17.4 Å². The maximum atomic E-state index is 12.1. The largest absolute Gasteiger partial charge is 0.497 e. The van der Waals surface area contributed by atoms with Gasteiger partial charge in [0.25, 0.3) is 16.0 Å². The lowest BCUT2D eigenvalue weighted by molar-refractivity contribution is -0.112. The Morgan fingerprint density at radius 3 is 2.57 bits per heavy atom. The first kappa shape index (κ1) is 21.0. The molecule has 9 heteroatoms. The number of nitriles is 1. The zero-order valence-electron chi connectivity index (χ0n) is 15.0. The molecule has 146 valence electrons. The van der Waals surface area contributed by atoms with E-state index in [1.165, 1.54) is 18.3 Å². The van der Waals surface area contributed by atoms with E-state index < -0.39 is 16.0 Å². The Hall–Kier alpha value is -3.35. The van der Waals surface area contributed by atoms with Crippen LogP contribution in [0.1, 0.15) is 5.56 Å². The predicted molar refractivity (Wildman–Crippen MR) is 103 cm³/mol. The van der Waals surface area contributed by atoms with Gasteiger partial charge in [0.05, 0.1) is 12.0 Å². The molecule has 3 N–H and O–H groups in total. The third-order valence-electron chi connectivity index (χ3n) is 3.71. The van der Waals surface area contributed by atoms with Crippen LogP contribution >= 0.6 is 0 Å². The number of rotatable bonds is 8. The summed E-state index contributed by atoms with van der Waals surface area (Å²) in [5.74, 6) is 0.112. The first-order valence-electron chi connectivity index (χ1n) is 8.19. The molecule has 0 spiro atoms. The summed E-state index contributed by atoms with van der Waals surface area (Å²) in [5.41, 5.74) is 1.20. The molecule has 0 bridgehead atoms. The fraction of sp³-hybridized carbons (Fsp3) is 0.158. The van der Waals surface area contributed by atoms with E-state index in [4.69, 9.17) is 14.6 Å². The van der Waals surface area contributed by atoms with Gasteiger partial charge in [-0.2, -0.15) is 13.7 Å². The average Bonchev–Trinajstić information content (AvgIpc) is 2.68. The highest BCUT2D eigenvalue weighted by Crippen LogP contribution is 2.15. The second kappa shape index (κ2) is 9.55. The monoisotopic (exact) mass is 401 g/mol. The molecule has 8 nitrogen and oxygen atoms in total. The second-order valence-electron chi connectivity index (χ2n) is 5.68. The van der Waals surface area contributed by atoms with Crippen LogP contribution in [0.3, 0.4) is 0 Å². The van der Waals surface area contributed by atoms with Crippen molar-refractivity contribution in [1.29, 1.82) is 5.26 Å². The van der Waals surface area contributed by atoms with Crippen LogP contribution in [0, 0.1) is 11.3 Å². The summed E-state index contributed by atoms with van der Waals surface area (Å²) in [7, 11) is -2.71. The summed E-state index contributed by atoms with van der Waals surface area (Å²) in [6.07, 6.45) is 1.99. The Kier molecular flexibility index (Phi) is 7.14. The lowest BCUT2D eigenvalue weighted by Gasteiger charge is -2.07. The topological polar surface area (TPSA) is 129 Å². The second-order valence-corrected chi connectivity index (χ2v) is 7.10. The average molecular weight is 401 g/mol. The molecular formula is C19H19N3O5S. The van der Waals surface area contributed by atoms with Crippen LogP contribution in [0.2, 0.25) is 0 Å². The van der Waals surface area contributed by atoms with Gasteiger partial charge in [0, 0.05) is 18.4 Å². The van der Waals surface area contributed by atoms with Crippen molar-refractivity contribution in [2.24, 2.45) is 0 Å². The summed E-state index contributed by atoms with van der Waals surface area (Å²) < 4.78 is 36.1. The van der Waals surface area contributed by atoms with E-state index in [0.717, 1.165) is 23.4 Å². The maximum Gasteiger partial charge on any atom is 0.294 e. The number of nitrogens with one attached hydrogen (secondary N) is 2. The summed E-state index contributed by atoms with van der Waals surface area (Å²) in [4.78, 5) is 11.9. The minimum atomic E-state index is -4.31. The van der Waals surface area contributed by atoms with Gasteiger partial charge in [0.15, 0.2) is 0 Å². The van der Waals surface area contributed by atoms with Gasteiger partial charge in [-0.25, -0.2) is 0 Å². The third-order valence-corrected chi connectivity index (χ3v) is 4.58. The van der Waals surface area contributed by atoms with E-state index in [9.17, 15) is 13.2 Å². The molecule has 0 aliphatic rings. The number of nitrogens with zero attached hydrogens (tertiary/aromatic N) is 1. The molecule has 0 heterocycles. The molecule has 0 atom stereocenters. The third kappa shape index (κ3) is 6.12. The van der Waals surface area contributed by atoms with Crippen molar-refractivity contribution in [1.82, 2.24) is 5.32 Å². The molecule has 0 unspecified atom stereocenters. The van der Waals surface area contributed by atoms with E-state index in [1.54, 1.807) is 13.2 Å². The Morgan fingerprint density at radius 2 is 1.96 bits per heavy atom. The van der Waals surface area contributed by atoms with Gasteiger partial charge in [-0.3, -0.25) is 9.35 Å². The fourth-order valence-electron chi connectivity index (χ4n) is 2.28. The smallest absolute Gasteiger partial charge is 0.294 e. The molecule has 0 saturated heterocycles. The number of amides is 1. The molecule has 1 amide bonds. The quantitative estimate of drug-likeness (QED) is 0.267. The number of anilines is 1. The highest BCUT2D eigenvalue weighted by molar-refractivity contribution is 7.85. The van der Waals surface area contributed by atoms with E-state index in [1.807, 2.05) is 24.3 Å². The number of hydrogen-bond acceptors (Lipinski definition) is 6. The lowest BCUT2D eigenvalue weighted by Crippen LogP contribution is -2.18. The van der Waals surface area contributed by atoms with Gasteiger partial charge in [-0.1, -0.05) is 12.1 Å². The molecule has 2 aromatic carbocycles. The van der Waals surface area contributed by atoms with E-state index in [2.05, 4.69) is 10.6 Å². The number of methoxy groups -OCH3 is 1. The SMILES string of the molecule is COc1cccc(CCN/C=C(/C#N)C(=O)Nc2ccc(S(=O)(=O)O)cc2)c1. The van der Waals surface area contributed by atoms with Gasteiger partial charge in [-0.05, 0) is 48.4 Å². The fourth-order valence-corrected chi connectivity index (χ4v) is 2.76. The van der Waals surface area contributed by atoms with Crippen LogP contribution in [0.15, 0.2) is 65.2 Å². The first-order valence-corrected chi connectivity index (χ1v) is 9.63. The van der Waals surface area contributed by atoms with Gasteiger partial charge in [0.2, 0.25) is 0 Å². The normalized spacial score (nSPS) is 11.4. The Labute approximate surface area is 163 Å². The number of carbonyl (C=O) groups is 1. The van der Waals surface area contributed by atoms with Crippen LogP contribution < -0.4 is 15.4 Å². The molecule has 2 aromatic rings. The maximum absolute atomic E-state index is 12.1. The molecule has 0 aliphatic heterocycles.